The molecule has 0 bridgehead atoms. The van der Waals surface area contributed by atoms with Crippen molar-refractivity contribution in [3.05, 3.63) is 0 Å². The number of rotatable bonds is 1. The second-order valence-electron chi connectivity index (χ2n) is 6.07. The molecule has 5 unspecified atom stereocenters. The van der Waals surface area contributed by atoms with Gasteiger partial charge in [-0.05, 0) is 54.8 Å². The molecular weight excluding hydrogens is 156 g/mol. The lowest BCUT2D eigenvalue weighted by Gasteiger charge is -2.46. The van der Waals surface area contributed by atoms with Gasteiger partial charge in [0.1, 0.15) is 0 Å². The second-order valence-corrected chi connectivity index (χ2v) is 6.07. The van der Waals surface area contributed by atoms with Crippen molar-refractivity contribution >= 4 is 0 Å². The fourth-order valence-corrected chi connectivity index (χ4v) is 4.71. The minimum Gasteiger partial charge on any atom is -0.0625 e. The third-order valence-corrected chi connectivity index (χ3v) is 5.29. The SMILES string of the molecule is CC(C)C1CC2CC3CCCC3C21. The zero-order chi connectivity index (χ0) is 9.00. The summed E-state index contributed by atoms with van der Waals surface area (Å²) in [6.07, 6.45) is 7.88. The fourth-order valence-electron chi connectivity index (χ4n) is 4.71. The minimum atomic E-state index is 0.959. The number of hydrogen-bond donors (Lipinski definition) is 0. The molecule has 74 valence electrons. The first-order chi connectivity index (χ1) is 6.27. The van der Waals surface area contributed by atoms with E-state index >= 15 is 0 Å². The maximum Gasteiger partial charge on any atom is -0.0324 e. The van der Waals surface area contributed by atoms with E-state index in [0.717, 1.165) is 11.8 Å². The third-order valence-electron chi connectivity index (χ3n) is 5.29. The zero-order valence-corrected chi connectivity index (χ0v) is 9.00. The Morgan fingerprint density at radius 1 is 1.00 bits per heavy atom. The van der Waals surface area contributed by atoms with Gasteiger partial charge in [-0.25, -0.2) is 0 Å². The molecule has 0 N–H and O–H groups in total. The molecule has 0 aromatic heterocycles. The number of hydrogen-bond acceptors (Lipinski definition) is 0. The van der Waals surface area contributed by atoms with E-state index in [4.69, 9.17) is 0 Å². The highest BCUT2D eigenvalue weighted by Crippen LogP contribution is 2.62. The van der Waals surface area contributed by atoms with E-state index in [-0.39, 0.29) is 0 Å². The van der Waals surface area contributed by atoms with E-state index in [1.165, 1.54) is 23.7 Å². The predicted molar refractivity (Wildman–Crippen MR) is 55.4 cm³/mol. The van der Waals surface area contributed by atoms with Crippen molar-refractivity contribution in [2.45, 2.75) is 46.0 Å². The Balaban J connectivity index is 1.76. The number of fused-ring (bicyclic) bond motifs is 3. The quantitative estimate of drug-likeness (QED) is 0.574. The van der Waals surface area contributed by atoms with Crippen LogP contribution in [0.3, 0.4) is 0 Å². The molecule has 3 fully saturated rings. The van der Waals surface area contributed by atoms with Gasteiger partial charge in [0, 0.05) is 0 Å². The first kappa shape index (κ1) is 8.32. The molecule has 5 atom stereocenters. The van der Waals surface area contributed by atoms with Crippen LogP contribution >= 0.6 is 0 Å². The van der Waals surface area contributed by atoms with Gasteiger partial charge in [-0.1, -0.05) is 26.7 Å². The van der Waals surface area contributed by atoms with Crippen molar-refractivity contribution in [2.24, 2.45) is 35.5 Å². The standard InChI is InChI=1S/C13H22/c1-8(2)12-7-10-6-9-4-3-5-11(9)13(10)12/h8-13H,3-7H2,1-2H3. The van der Waals surface area contributed by atoms with Crippen molar-refractivity contribution in [3.63, 3.8) is 0 Å². The van der Waals surface area contributed by atoms with Crippen LogP contribution in [0.25, 0.3) is 0 Å². The average Bonchev–Trinajstić information content (AvgIpc) is 2.51. The van der Waals surface area contributed by atoms with Crippen LogP contribution in [0.4, 0.5) is 0 Å². The van der Waals surface area contributed by atoms with Crippen LogP contribution in [0.2, 0.25) is 0 Å². The summed E-state index contributed by atoms with van der Waals surface area (Å²) in [5.74, 6) is 6.75. The smallest absolute Gasteiger partial charge is 0.0324 e. The van der Waals surface area contributed by atoms with Crippen molar-refractivity contribution in [3.8, 4) is 0 Å². The molecule has 0 spiro atoms. The van der Waals surface area contributed by atoms with Gasteiger partial charge in [-0.15, -0.1) is 0 Å². The van der Waals surface area contributed by atoms with Gasteiger partial charge in [0.2, 0.25) is 0 Å². The fraction of sp³-hybridized carbons (Fsp3) is 1.00. The molecule has 0 nitrogen and oxygen atoms in total. The Morgan fingerprint density at radius 2 is 1.85 bits per heavy atom. The molecule has 0 aromatic rings. The molecule has 3 rings (SSSR count). The molecule has 0 aliphatic heterocycles. The summed E-state index contributed by atoms with van der Waals surface area (Å²) in [4.78, 5) is 0. The lowest BCUT2D eigenvalue weighted by molar-refractivity contribution is 0.0305. The lowest BCUT2D eigenvalue weighted by atomic mass is 9.59. The van der Waals surface area contributed by atoms with Gasteiger partial charge >= 0.3 is 0 Å². The summed E-state index contributed by atoms with van der Waals surface area (Å²) in [5, 5.41) is 0. The maximum atomic E-state index is 2.43. The molecule has 3 aliphatic rings. The van der Waals surface area contributed by atoms with Gasteiger partial charge in [0.15, 0.2) is 0 Å². The van der Waals surface area contributed by atoms with E-state index in [0.29, 0.717) is 0 Å². The Bertz CT molecular complexity index is 206. The third kappa shape index (κ3) is 1.04. The van der Waals surface area contributed by atoms with Crippen LogP contribution in [0.1, 0.15) is 46.0 Å². The molecule has 3 saturated carbocycles. The summed E-state index contributed by atoms with van der Waals surface area (Å²) in [5.41, 5.74) is 0. The van der Waals surface area contributed by atoms with Gasteiger partial charge in [-0.3, -0.25) is 0 Å². The van der Waals surface area contributed by atoms with Gasteiger partial charge in [0.05, 0.1) is 0 Å². The summed E-state index contributed by atoms with van der Waals surface area (Å²) >= 11 is 0. The van der Waals surface area contributed by atoms with E-state index in [1.54, 1.807) is 32.1 Å². The summed E-state index contributed by atoms with van der Waals surface area (Å²) in [6.45, 7) is 4.87. The van der Waals surface area contributed by atoms with Gasteiger partial charge < -0.3 is 0 Å². The van der Waals surface area contributed by atoms with Gasteiger partial charge in [0.25, 0.3) is 0 Å². The monoisotopic (exact) mass is 178 g/mol. The van der Waals surface area contributed by atoms with Crippen LogP contribution in [-0.4, -0.2) is 0 Å². The van der Waals surface area contributed by atoms with E-state index in [9.17, 15) is 0 Å². The van der Waals surface area contributed by atoms with Crippen LogP contribution in [0.15, 0.2) is 0 Å². The van der Waals surface area contributed by atoms with E-state index < -0.39 is 0 Å². The van der Waals surface area contributed by atoms with Crippen molar-refractivity contribution in [2.75, 3.05) is 0 Å². The highest BCUT2D eigenvalue weighted by Gasteiger charge is 2.54. The normalized spacial score (nSPS) is 53.3. The highest BCUT2D eigenvalue weighted by atomic mass is 14.6. The Kier molecular flexibility index (Phi) is 1.76. The van der Waals surface area contributed by atoms with Crippen LogP contribution in [0, 0.1) is 35.5 Å². The van der Waals surface area contributed by atoms with Crippen LogP contribution in [0.5, 0.6) is 0 Å². The molecule has 0 heterocycles. The lowest BCUT2D eigenvalue weighted by Crippen LogP contribution is -2.39. The molecule has 0 heteroatoms. The van der Waals surface area contributed by atoms with Crippen molar-refractivity contribution in [1.82, 2.24) is 0 Å². The Hall–Kier alpha value is 0. The van der Waals surface area contributed by atoms with Crippen LogP contribution in [-0.2, 0) is 0 Å². The molecule has 0 aromatic carbocycles. The van der Waals surface area contributed by atoms with E-state index in [2.05, 4.69) is 13.8 Å². The van der Waals surface area contributed by atoms with Crippen LogP contribution < -0.4 is 0 Å². The molecule has 0 radical (unpaired) electrons. The van der Waals surface area contributed by atoms with Gasteiger partial charge in [-0.2, -0.15) is 0 Å². The first-order valence-corrected chi connectivity index (χ1v) is 6.27. The molecule has 0 amide bonds. The first-order valence-electron chi connectivity index (χ1n) is 6.27. The van der Waals surface area contributed by atoms with E-state index in [1.807, 2.05) is 0 Å². The minimum absolute atomic E-state index is 0.959. The van der Waals surface area contributed by atoms with Crippen molar-refractivity contribution in [1.29, 1.82) is 0 Å². The molecular formula is C13H22. The molecule has 13 heavy (non-hydrogen) atoms. The Labute approximate surface area is 82.1 Å². The zero-order valence-electron chi connectivity index (χ0n) is 9.00. The summed E-state index contributed by atoms with van der Waals surface area (Å²) < 4.78 is 0. The Morgan fingerprint density at radius 3 is 2.62 bits per heavy atom. The maximum absolute atomic E-state index is 2.43. The molecule has 3 aliphatic carbocycles. The summed E-state index contributed by atoms with van der Waals surface area (Å²) in [7, 11) is 0. The largest absolute Gasteiger partial charge is 0.0625 e. The predicted octanol–water partition coefficient (Wildman–Crippen LogP) is 3.71. The summed E-state index contributed by atoms with van der Waals surface area (Å²) in [6, 6.07) is 0. The highest BCUT2D eigenvalue weighted by molar-refractivity contribution is 5.04. The average molecular weight is 178 g/mol. The topological polar surface area (TPSA) is 0 Å². The van der Waals surface area contributed by atoms with Crippen molar-refractivity contribution < 1.29 is 0 Å². The molecule has 0 saturated heterocycles. The second kappa shape index (κ2) is 2.74.